The van der Waals surface area contributed by atoms with Crippen LogP contribution in [0.4, 0.5) is 5.69 Å². The summed E-state index contributed by atoms with van der Waals surface area (Å²) in [5.41, 5.74) is -2.82. The molecule has 14 heteroatoms. The van der Waals surface area contributed by atoms with Gasteiger partial charge in [-0.2, -0.15) is 0 Å². The maximum Gasteiger partial charge on any atom is 0.269 e. The highest BCUT2D eigenvalue weighted by atomic mass is 16.7. The van der Waals surface area contributed by atoms with Crippen LogP contribution in [0, 0.1) is 10.1 Å². The SMILES string of the molecule is O=[N+]([O-])c1ccc(O[C@H]2O[C@H](C(O)[C@]3(O)CO[C@H](CO)[C@@H](O)[C@@H]3O)[C@@H](O)[C@H](O)[C@@H]2O)cc1. The molecular weight excluding hydrogens is 438 g/mol. The predicted octanol–water partition coefficient (Wildman–Crippen LogP) is -4.01. The van der Waals surface area contributed by atoms with Gasteiger partial charge in [-0.25, -0.2) is 0 Å². The van der Waals surface area contributed by atoms with Crippen LogP contribution in [-0.4, -0.2) is 120 Å². The van der Waals surface area contributed by atoms with E-state index < -0.39 is 78.9 Å². The molecule has 3 rings (SSSR count). The van der Waals surface area contributed by atoms with Crippen molar-refractivity contribution in [2.24, 2.45) is 0 Å². The molecular formula is C18H25NO13. The second-order valence-electron chi connectivity index (χ2n) is 7.71. The Morgan fingerprint density at radius 2 is 1.72 bits per heavy atom. The minimum Gasteiger partial charge on any atom is -0.462 e. The second-order valence-corrected chi connectivity index (χ2v) is 7.71. The fourth-order valence-electron chi connectivity index (χ4n) is 3.64. The Balaban J connectivity index is 1.79. The number of rotatable bonds is 6. The quantitative estimate of drug-likeness (QED) is 0.149. The lowest BCUT2D eigenvalue weighted by Gasteiger charge is -2.49. The molecule has 0 bridgehead atoms. The Morgan fingerprint density at radius 1 is 1.09 bits per heavy atom. The Hall–Kier alpha value is -1.98. The van der Waals surface area contributed by atoms with E-state index in [-0.39, 0.29) is 11.4 Å². The van der Waals surface area contributed by atoms with E-state index in [1.807, 2.05) is 0 Å². The van der Waals surface area contributed by atoms with Crippen molar-refractivity contribution in [3.8, 4) is 5.75 Å². The standard InChI is InChI=1S/C18H25NO13/c20-5-9-10(21)15(25)18(27,6-30-9)16(26)14-12(23)11(22)13(24)17(32-14)31-8-3-1-7(2-4-8)19(28)29/h1-4,9-17,20-27H,5-6H2/t9-,10-,11+,12+,13+,14+,15+,16?,17+,18+/m1/s1. The van der Waals surface area contributed by atoms with Gasteiger partial charge in [-0.15, -0.1) is 0 Å². The van der Waals surface area contributed by atoms with E-state index in [0.29, 0.717) is 0 Å². The lowest BCUT2D eigenvalue weighted by atomic mass is 9.79. The maximum absolute atomic E-state index is 10.8. The average molecular weight is 463 g/mol. The molecule has 180 valence electrons. The summed E-state index contributed by atoms with van der Waals surface area (Å²) in [4.78, 5) is 10.1. The lowest BCUT2D eigenvalue weighted by molar-refractivity contribution is -0.384. The van der Waals surface area contributed by atoms with Crippen molar-refractivity contribution < 1.29 is 60.0 Å². The van der Waals surface area contributed by atoms with Crippen LogP contribution in [0.2, 0.25) is 0 Å². The molecule has 1 aromatic carbocycles. The Morgan fingerprint density at radius 3 is 2.28 bits per heavy atom. The summed E-state index contributed by atoms with van der Waals surface area (Å²) in [5, 5.41) is 92.3. The average Bonchev–Trinajstić information content (AvgIpc) is 2.78. The number of hydrogen-bond donors (Lipinski definition) is 8. The molecule has 2 saturated heterocycles. The minimum absolute atomic E-state index is 0.0163. The monoisotopic (exact) mass is 463 g/mol. The van der Waals surface area contributed by atoms with Crippen molar-refractivity contribution in [3.63, 3.8) is 0 Å². The number of hydrogen-bond acceptors (Lipinski definition) is 13. The fourth-order valence-corrected chi connectivity index (χ4v) is 3.64. The summed E-state index contributed by atoms with van der Waals surface area (Å²) in [7, 11) is 0. The molecule has 0 spiro atoms. The third-order valence-corrected chi connectivity index (χ3v) is 5.65. The van der Waals surface area contributed by atoms with Crippen LogP contribution in [0.3, 0.4) is 0 Å². The topological polar surface area (TPSA) is 233 Å². The van der Waals surface area contributed by atoms with Crippen LogP contribution < -0.4 is 4.74 Å². The first-order chi connectivity index (χ1) is 15.0. The number of aliphatic hydroxyl groups is 8. The molecule has 32 heavy (non-hydrogen) atoms. The number of aliphatic hydroxyl groups excluding tert-OH is 7. The van der Waals surface area contributed by atoms with E-state index in [1.54, 1.807) is 0 Å². The first-order valence-corrected chi connectivity index (χ1v) is 9.61. The molecule has 0 aliphatic carbocycles. The third kappa shape index (κ3) is 4.42. The number of nitro groups is 1. The molecule has 0 aromatic heterocycles. The molecule has 10 atom stereocenters. The third-order valence-electron chi connectivity index (χ3n) is 5.65. The summed E-state index contributed by atoms with van der Waals surface area (Å²) in [6, 6.07) is 4.60. The Kier molecular flexibility index (Phi) is 7.31. The lowest BCUT2D eigenvalue weighted by Crippen LogP contribution is -2.72. The van der Waals surface area contributed by atoms with Crippen molar-refractivity contribution in [2.45, 2.75) is 60.7 Å². The van der Waals surface area contributed by atoms with Crippen molar-refractivity contribution in [1.29, 1.82) is 0 Å². The fraction of sp³-hybridized carbons (Fsp3) is 0.667. The highest BCUT2D eigenvalue weighted by Crippen LogP contribution is 2.34. The van der Waals surface area contributed by atoms with Crippen molar-refractivity contribution in [1.82, 2.24) is 0 Å². The maximum atomic E-state index is 10.8. The highest BCUT2D eigenvalue weighted by molar-refractivity contribution is 5.36. The van der Waals surface area contributed by atoms with Crippen LogP contribution in [0.25, 0.3) is 0 Å². The minimum atomic E-state index is -2.59. The van der Waals surface area contributed by atoms with Gasteiger partial charge in [0.25, 0.3) is 5.69 Å². The summed E-state index contributed by atoms with van der Waals surface area (Å²) in [6.07, 6.45) is -16.5. The summed E-state index contributed by atoms with van der Waals surface area (Å²) < 4.78 is 15.8. The first-order valence-electron chi connectivity index (χ1n) is 9.61. The van der Waals surface area contributed by atoms with Crippen molar-refractivity contribution in [3.05, 3.63) is 34.4 Å². The van der Waals surface area contributed by atoms with E-state index in [1.165, 1.54) is 12.1 Å². The van der Waals surface area contributed by atoms with Gasteiger partial charge in [0, 0.05) is 12.1 Å². The number of ether oxygens (including phenoxy) is 3. The van der Waals surface area contributed by atoms with E-state index in [0.717, 1.165) is 12.1 Å². The highest BCUT2D eigenvalue weighted by Gasteiger charge is 2.58. The molecule has 2 aliphatic rings. The molecule has 1 aromatic rings. The van der Waals surface area contributed by atoms with Gasteiger partial charge in [-0.3, -0.25) is 10.1 Å². The van der Waals surface area contributed by atoms with Gasteiger partial charge in [-0.05, 0) is 12.1 Å². The molecule has 14 nitrogen and oxygen atoms in total. The summed E-state index contributed by atoms with van der Waals surface area (Å²) in [6.45, 7) is -1.44. The van der Waals surface area contributed by atoms with E-state index >= 15 is 0 Å². The van der Waals surface area contributed by atoms with Gasteiger partial charge < -0.3 is 55.1 Å². The van der Waals surface area contributed by atoms with Gasteiger partial charge in [0.1, 0.15) is 60.2 Å². The van der Waals surface area contributed by atoms with Crippen LogP contribution in [0.5, 0.6) is 5.75 Å². The predicted molar refractivity (Wildman–Crippen MR) is 100 cm³/mol. The molecule has 0 amide bonds. The number of nitrogens with zero attached hydrogens (tertiary/aromatic N) is 1. The van der Waals surface area contributed by atoms with Gasteiger partial charge in [-0.1, -0.05) is 0 Å². The summed E-state index contributed by atoms with van der Waals surface area (Å²) in [5.74, 6) is -0.0163. The van der Waals surface area contributed by atoms with Crippen molar-refractivity contribution >= 4 is 5.69 Å². The van der Waals surface area contributed by atoms with Crippen LogP contribution in [0.1, 0.15) is 0 Å². The molecule has 2 aliphatic heterocycles. The molecule has 0 radical (unpaired) electrons. The van der Waals surface area contributed by atoms with Gasteiger partial charge >= 0.3 is 0 Å². The second kappa shape index (κ2) is 9.48. The van der Waals surface area contributed by atoms with E-state index in [4.69, 9.17) is 19.3 Å². The smallest absolute Gasteiger partial charge is 0.269 e. The normalized spacial score (nSPS) is 41.1. The zero-order valence-electron chi connectivity index (χ0n) is 16.5. The van der Waals surface area contributed by atoms with E-state index in [9.17, 15) is 45.9 Å². The molecule has 2 heterocycles. The summed E-state index contributed by atoms with van der Waals surface area (Å²) >= 11 is 0. The zero-order valence-corrected chi connectivity index (χ0v) is 16.5. The molecule has 0 saturated carbocycles. The van der Waals surface area contributed by atoms with Crippen LogP contribution >= 0.6 is 0 Å². The largest absolute Gasteiger partial charge is 0.462 e. The van der Waals surface area contributed by atoms with Gasteiger partial charge in [0.15, 0.2) is 0 Å². The number of benzene rings is 1. The van der Waals surface area contributed by atoms with Crippen LogP contribution in [0.15, 0.2) is 24.3 Å². The van der Waals surface area contributed by atoms with Crippen LogP contribution in [-0.2, 0) is 9.47 Å². The molecule has 1 unspecified atom stereocenters. The zero-order chi connectivity index (χ0) is 23.8. The van der Waals surface area contributed by atoms with Gasteiger partial charge in [0.2, 0.25) is 6.29 Å². The van der Waals surface area contributed by atoms with Gasteiger partial charge in [0.05, 0.1) is 18.1 Å². The van der Waals surface area contributed by atoms with E-state index in [2.05, 4.69) is 0 Å². The number of nitro benzene ring substituents is 1. The number of non-ortho nitro benzene ring substituents is 1. The van der Waals surface area contributed by atoms with Crippen molar-refractivity contribution in [2.75, 3.05) is 13.2 Å². The Labute approximate surface area is 180 Å². The molecule has 2 fully saturated rings. The molecule has 8 N–H and O–H groups in total. The first kappa shape index (κ1) is 24.7. The Bertz CT molecular complexity index is 794.